The summed E-state index contributed by atoms with van der Waals surface area (Å²) in [6.45, 7) is 2.47. The lowest BCUT2D eigenvalue weighted by atomic mass is 9.85. The summed E-state index contributed by atoms with van der Waals surface area (Å²) in [6, 6.07) is 7.07. The maximum atomic E-state index is 14.3. The largest absolute Gasteiger partial charge is 0.382 e. The number of nitrogens with two attached hydrogens (primary N) is 1. The maximum absolute atomic E-state index is 14.3. The Morgan fingerprint density at radius 1 is 1.05 bits per heavy atom. The molecule has 20 heteroatoms. The second kappa shape index (κ2) is 16.3. The molecular formula is C41H49F4N13O3. The standard InChI is InChI=1S/C41H49F4N13O3/c1-54-32-16-26(4-7-28(32)35(52-54)29-8-9-34(59)51-39(29)60)48-25-10-13-55(14-11-25)19-23-2-5-27(6-3-23)58-21-31(36(53-58)37(42)43)49-40(61)30-18-47-57-15-12-33(50-38(30)57)56-20-24(46)17-41(44,45)22-56/h4,7,12,15-16,18,21,23-25,27,29,37,48H,2-3,5-6,8-11,13-14,17,19-20,22,46H2,1H3,(H,49,61)(H,51,59,60)/t23?,24-,27?,29?/m1/s1. The number of alkyl halides is 4. The minimum atomic E-state index is -3.00. The van der Waals surface area contributed by atoms with Crippen molar-refractivity contribution in [2.24, 2.45) is 18.7 Å². The predicted molar refractivity (Wildman–Crippen MR) is 218 cm³/mol. The van der Waals surface area contributed by atoms with Crippen molar-refractivity contribution in [1.82, 2.24) is 44.4 Å². The quantitative estimate of drug-likeness (QED) is 0.110. The molecule has 2 atom stereocenters. The Balaban J connectivity index is 0.773. The van der Waals surface area contributed by atoms with E-state index in [1.165, 1.54) is 34.1 Å². The highest BCUT2D eigenvalue weighted by atomic mass is 19.3. The summed E-state index contributed by atoms with van der Waals surface area (Å²) in [7, 11) is 1.87. The summed E-state index contributed by atoms with van der Waals surface area (Å²) in [6.07, 6.45) is 6.96. The van der Waals surface area contributed by atoms with E-state index in [1.807, 2.05) is 19.2 Å². The molecule has 3 aliphatic heterocycles. The van der Waals surface area contributed by atoms with Crippen molar-refractivity contribution in [2.45, 2.75) is 94.2 Å². The fourth-order valence-corrected chi connectivity index (χ4v) is 9.59. The van der Waals surface area contributed by atoms with Crippen LogP contribution in [0.25, 0.3) is 16.6 Å². The molecule has 1 unspecified atom stereocenters. The van der Waals surface area contributed by atoms with E-state index < -0.39 is 48.9 Å². The number of benzene rings is 1. The zero-order chi connectivity index (χ0) is 42.6. The lowest BCUT2D eigenvalue weighted by Crippen LogP contribution is -2.52. The van der Waals surface area contributed by atoms with Crippen LogP contribution in [0, 0.1) is 5.92 Å². The van der Waals surface area contributed by atoms with Gasteiger partial charge in [-0.05, 0) is 75.1 Å². The Labute approximate surface area is 348 Å². The first-order valence-corrected chi connectivity index (χ1v) is 21.0. The van der Waals surface area contributed by atoms with E-state index in [2.05, 4.69) is 47.2 Å². The summed E-state index contributed by atoms with van der Waals surface area (Å²) in [5, 5.41) is 22.7. The monoisotopic (exact) mass is 847 g/mol. The molecule has 4 aromatic heterocycles. The van der Waals surface area contributed by atoms with Gasteiger partial charge in [0.25, 0.3) is 18.3 Å². The number of fused-ring (bicyclic) bond motifs is 2. The summed E-state index contributed by atoms with van der Waals surface area (Å²) in [4.78, 5) is 46.0. The fourth-order valence-electron chi connectivity index (χ4n) is 9.59. The van der Waals surface area contributed by atoms with Crippen LogP contribution < -0.4 is 26.6 Å². The summed E-state index contributed by atoms with van der Waals surface area (Å²) >= 11 is 0. The molecule has 4 aliphatic rings. The molecule has 5 N–H and O–H groups in total. The van der Waals surface area contributed by atoms with E-state index in [0.29, 0.717) is 30.5 Å². The molecule has 1 saturated carbocycles. The number of rotatable bonds is 10. The van der Waals surface area contributed by atoms with Crippen molar-refractivity contribution in [3.05, 3.63) is 59.8 Å². The topological polar surface area (TPSA) is 186 Å². The van der Waals surface area contributed by atoms with Gasteiger partial charge >= 0.3 is 0 Å². The van der Waals surface area contributed by atoms with E-state index in [-0.39, 0.29) is 47.1 Å². The number of piperidine rings is 3. The van der Waals surface area contributed by atoms with Gasteiger partial charge in [0.15, 0.2) is 11.3 Å². The average molecular weight is 848 g/mol. The highest BCUT2D eigenvalue weighted by Gasteiger charge is 2.40. The van der Waals surface area contributed by atoms with Crippen molar-refractivity contribution < 1.29 is 31.9 Å². The van der Waals surface area contributed by atoms with Gasteiger partial charge in [-0.1, -0.05) is 0 Å². The third-order valence-corrected chi connectivity index (χ3v) is 12.7. The number of halogens is 4. The molecule has 9 rings (SSSR count). The number of amides is 3. The SMILES string of the molecule is Cn1nc(C2CCC(=O)NC2=O)c2ccc(NC3CCN(CC4CCC(n5cc(NC(=O)c6cnn7ccc(N8C[C@H](N)CC(F)(F)C8)nc67)c(C(F)F)n5)CC4)CC3)cc21. The second-order valence-electron chi connectivity index (χ2n) is 17.1. The molecule has 4 fully saturated rings. The number of aryl methyl sites for hydroxylation is 1. The van der Waals surface area contributed by atoms with Crippen LogP contribution >= 0.6 is 0 Å². The van der Waals surface area contributed by atoms with Crippen LogP contribution in [0.4, 0.5) is 34.8 Å². The number of imide groups is 1. The fraction of sp³-hybridized carbons (Fsp3) is 0.537. The van der Waals surface area contributed by atoms with Crippen LogP contribution in [0.5, 0.6) is 0 Å². The zero-order valence-electron chi connectivity index (χ0n) is 33.7. The molecule has 1 aromatic carbocycles. The Bertz CT molecular complexity index is 2450. The summed E-state index contributed by atoms with van der Waals surface area (Å²) < 4.78 is 61.8. The Morgan fingerprint density at radius 2 is 1.84 bits per heavy atom. The van der Waals surface area contributed by atoms with E-state index in [4.69, 9.17) is 5.73 Å². The number of anilines is 3. The number of nitrogens with zero attached hydrogens (tertiary/aromatic N) is 9. The lowest BCUT2D eigenvalue weighted by Gasteiger charge is -2.37. The molecule has 0 bridgehead atoms. The molecule has 16 nitrogen and oxygen atoms in total. The predicted octanol–water partition coefficient (Wildman–Crippen LogP) is 5.00. The van der Waals surface area contributed by atoms with Crippen molar-refractivity contribution in [2.75, 3.05) is 48.3 Å². The molecule has 7 heterocycles. The van der Waals surface area contributed by atoms with Crippen molar-refractivity contribution >= 4 is 51.5 Å². The van der Waals surface area contributed by atoms with Gasteiger partial charge in [-0.2, -0.15) is 15.3 Å². The van der Waals surface area contributed by atoms with Crippen LogP contribution in [0.15, 0.2) is 42.9 Å². The van der Waals surface area contributed by atoms with E-state index in [1.54, 1.807) is 9.36 Å². The molecule has 5 aromatic rings. The van der Waals surface area contributed by atoms with Crippen LogP contribution in [0.1, 0.15) is 97.9 Å². The number of nitrogens with one attached hydrogen (secondary N) is 3. The van der Waals surface area contributed by atoms with E-state index in [0.717, 1.165) is 74.7 Å². The van der Waals surface area contributed by atoms with Gasteiger partial charge in [-0.3, -0.25) is 29.1 Å². The number of hydrogen-bond acceptors (Lipinski definition) is 11. The van der Waals surface area contributed by atoms with Crippen LogP contribution in [0.3, 0.4) is 0 Å². The molecule has 1 aliphatic carbocycles. The van der Waals surface area contributed by atoms with Crippen LogP contribution in [0.2, 0.25) is 0 Å². The summed E-state index contributed by atoms with van der Waals surface area (Å²) in [5.41, 5.74) is 7.95. The number of carbonyl (C=O) groups excluding carboxylic acids is 3. The molecule has 3 amide bonds. The number of carbonyl (C=O) groups is 3. The number of likely N-dealkylation sites (tertiary alicyclic amines) is 1. The van der Waals surface area contributed by atoms with Crippen LogP contribution in [-0.4, -0.2) is 108 Å². The number of aromatic nitrogens is 7. The first-order chi connectivity index (χ1) is 29.3. The van der Waals surface area contributed by atoms with Crippen molar-refractivity contribution in [3.63, 3.8) is 0 Å². The number of hydrogen-bond donors (Lipinski definition) is 4. The van der Waals surface area contributed by atoms with Gasteiger partial charge in [-0.15, -0.1) is 0 Å². The van der Waals surface area contributed by atoms with Crippen LogP contribution in [-0.2, 0) is 16.6 Å². The van der Waals surface area contributed by atoms with Gasteiger partial charge in [-0.25, -0.2) is 27.1 Å². The third-order valence-electron chi connectivity index (χ3n) is 12.7. The van der Waals surface area contributed by atoms with Gasteiger partial charge < -0.3 is 26.2 Å². The van der Waals surface area contributed by atoms with Crippen molar-refractivity contribution in [1.29, 1.82) is 0 Å². The van der Waals surface area contributed by atoms with E-state index in [9.17, 15) is 31.9 Å². The smallest absolute Gasteiger partial charge is 0.284 e. The zero-order valence-corrected chi connectivity index (χ0v) is 33.7. The maximum Gasteiger partial charge on any atom is 0.284 e. The Hall–Kier alpha value is -5.63. The van der Waals surface area contributed by atoms with E-state index >= 15 is 0 Å². The minimum Gasteiger partial charge on any atom is -0.382 e. The third kappa shape index (κ3) is 8.51. The lowest BCUT2D eigenvalue weighted by molar-refractivity contribution is -0.134. The van der Waals surface area contributed by atoms with Gasteiger partial charge in [0.1, 0.15) is 11.4 Å². The molecule has 0 spiro atoms. The highest BCUT2D eigenvalue weighted by molar-refractivity contribution is 6.08. The second-order valence-corrected chi connectivity index (χ2v) is 17.1. The first-order valence-electron chi connectivity index (χ1n) is 21.0. The Kier molecular flexibility index (Phi) is 10.9. The highest BCUT2D eigenvalue weighted by Crippen LogP contribution is 2.37. The van der Waals surface area contributed by atoms with Gasteiger partial charge in [0, 0.05) is 81.6 Å². The first kappa shape index (κ1) is 40.8. The average Bonchev–Trinajstić information content (AvgIpc) is 3.93. The normalized spacial score (nSPS) is 24.1. The summed E-state index contributed by atoms with van der Waals surface area (Å²) in [5.74, 6) is -4.04. The molecule has 3 saturated heterocycles. The Morgan fingerprint density at radius 3 is 2.57 bits per heavy atom. The molecule has 61 heavy (non-hydrogen) atoms. The minimum absolute atomic E-state index is 0.00324. The molecular weight excluding hydrogens is 799 g/mol. The molecule has 0 radical (unpaired) electrons. The van der Waals surface area contributed by atoms with Crippen molar-refractivity contribution in [3.8, 4) is 0 Å². The van der Waals surface area contributed by atoms with Gasteiger partial charge in [0.05, 0.1) is 41.6 Å². The molecule has 324 valence electrons. The van der Waals surface area contributed by atoms with Gasteiger partial charge in [0.2, 0.25) is 11.8 Å².